The zero-order valence-corrected chi connectivity index (χ0v) is 39.7. The second-order valence-corrected chi connectivity index (χ2v) is 17.1. The summed E-state index contributed by atoms with van der Waals surface area (Å²) in [6, 6.07) is -1.64. The third-order valence-corrected chi connectivity index (χ3v) is 11.4. The van der Waals surface area contributed by atoms with E-state index < -0.39 is 78.1 Å². The number of amides is 3. The van der Waals surface area contributed by atoms with Gasteiger partial charge in [0.1, 0.15) is 0 Å². The molecule has 1 aliphatic heterocycles. The summed E-state index contributed by atoms with van der Waals surface area (Å²) in [5.41, 5.74) is -1.37. The van der Waals surface area contributed by atoms with Gasteiger partial charge in [-0.2, -0.15) is 0 Å². The maximum atomic E-state index is 13.3. The fourth-order valence-electron chi connectivity index (χ4n) is 6.74. The Morgan fingerprint density at radius 3 is 1.49 bits per heavy atom. The Labute approximate surface area is 396 Å². The average molecular weight is 976 g/mol. The number of aliphatic carboxylic acids is 6. The molecule has 0 radical (unpaired) electrons. The van der Waals surface area contributed by atoms with E-state index in [4.69, 9.17) is 19.3 Å². The summed E-state index contributed by atoms with van der Waals surface area (Å²) in [6.45, 7) is 13.2. The van der Waals surface area contributed by atoms with Crippen LogP contribution < -0.4 is 16.0 Å². The largest absolute Gasteiger partial charge is 0.481 e. The third kappa shape index (κ3) is 26.8. The Bertz CT molecular complexity index is 1670. The Morgan fingerprint density at radius 1 is 0.588 bits per heavy atom. The molecule has 0 spiro atoms. The topological polar surface area (TPSA) is 352 Å². The molecule has 1 fully saturated rings. The van der Waals surface area contributed by atoms with Crippen LogP contribution in [0.25, 0.3) is 0 Å². The van der Waals surface area contributed by atoms with Crippen LogP contribution >= 0.6 is 0 Å². The molecule has 0 aromatic rings. The lowest BCUT2D eigenvalue weighted by Gasteiger charge is -2.34. The Balaban J connectivity index is 2.66. The monoisotopic (exact) mass is 976 g/mol. The van der Waals surface area contributed by atoms with Crippen LogP contribution in [0, 0.1) is 0 Å². The highest BCUT2D eigenvalue weighted by Gasteiger charge is 2.30. The molecule has 0 saturated carbocycles. The number of ether oxygens (including phenoxy) is 3. The van der Waals surface area contributed by atoms with Crippen molar-refractivity contribution in [1.82, 2.24) is 35.6 Å². The van der Waals surface area contributed by atoms with E-state index in [1.54, 1.807) is 14.7 Å². The molecule has 9 N–H and O–H groups in total. The number of hydrogen-bond acceptors (Lipinski definition) is 16. The van der Waals surface area contributed by atoms with Crippen LogP contribution in [0.2, 0.25) is 0 Å². The molecule has 1 rings (SSSR count). The maximum absolute atomic E-state index is 13.3. The molecule has 0 aliphatic carbocycles. The van der Waals surface area contributed by atoms with Crippen molar-refractivity contribution >= 4 is 53.7 Å². The van der Waals surface area contributed by atoms with Crippen molar-refractivity contribution in [3.63, 3.8) is 0 Å². The van der Waals surface area contributed by atoms with Gasteiger partial charge in [0.15, 0.2) is 6.04 Å². The van der Waals surface area contributed by atoms with Crippen LogP contribution in [0.3, 0.4) is 0 Å². The number of carboxylic acids is 6. The molecule has 388 valence electrons. The Kier molecular flexibility index (Phi) is 28.1. The first-order valence-electron chi connectivity index (χ1n) is 22.6. The summed E-state index contributed by atoms with van der Waals surface area (Å²) >= 11 is 0. The quantitative estimate of drug-likeness (QED) is 0.0308. The van der Waals surface area contributed by atoms with Gasteiger partial charge in [-0.1, -0.05) is 20.4 Å². The van der Waals surface area contributed by atoms with Gasteiger partial charge in [0, 0.05) is 84.7 Å². The maximum Gasteiger partial charge on any atom is 0.408 e. The van der Waals surface area contributed by atoms with E-state index in [9.17, 15) is 68.7 Å². The Hall–Kier alpha value is -5.47. The highest BCUT2D eigenvalue weighted by Crippen LogP contribution is 2.23. The molecular weight excluding hydrogens is 903 g/mol. The molecule has 0 aromatic carbocycles. The van der Waals surface area contributed by atoms with E-state index in [0.717, 1.165) is 0 Å². The number of carboxylic acid groups (broad SMARTS) is 6. The van der Waals surface area contributed by atoms with E-state index in [0.29, 0.717) is 32.4 Å². The van der Waals surface area contributed by atoms with Crippen molar-refractivity contribution in [2.75, 3.05) is 105 Å². The molecule has 1 aliphatic rings. The van der Waals surface area contributed by atoms with Gasteiger partial charge >= 0.3 is 41.9 Å². The van der Waals surface area contributed by atoms with E-state index in [-0.39, 0.29) is 128 Å². The van der Waals surface area contributed by atoms with Crippen LogP contribution in [0.5, 0.6) is 0 Å². The standard InChI is InChI=1S/C43H73N7O18/c1-6-42(4,66-23-12-32(51)44-14-8-9-30(3)38(40(63)64)46-41(65)68-31(39(61)62)10-11-34(53)54)13-24-67-43(5,7-2)29-45-33(52)25-47-15-17-48(26-35(55)56)19-21-50(28-37(59)60)22-20-49(18-16-47)27-36(57)58/h31,38H,3,6-29H2,1-2,4-5H3,(H,44,51)(H,45,52)(H,46,65)(H,53,54)(H,55,56)(H,57,58)(H,59,60)(H,61,62)(H,63,64). The van der Waals surface area contributed by atoms with Crippen molar-refractivity contribution in [2.45, 2.75) is 102 Å². The molecule has 25 nitrogen and oxygen atoms in total. The molecule has 4 atom stereocenters. The van der Waals surface area contributed by atoms with Crippen LogP contribution in [-0.4, -0.2) is 232 Å². The normalized spacial score (nSPS) is 17.4. The van der Waals surface area contributed by atoms with E-state index in [1.807, 2.05) is 37.9 Å². The van der Waals surface area contributed by atoms with Gasteiger partial charge in [-0.3, -0.25) is 48.4 Å². The second kappa shape index (κ2) is 31.6. The summed E-state index contributed by atoms with van der Waals surface area (Å²) in [7, 11) is 0. The van der Waals surface area contributed by atoms with E-state index >= 15 is 0 Å². The number of alkyl carbamates (subject to hydrolysis) is 1. The zero-order chi connectivity index (χ0) is 51.5. The first kappa shape index (κ1) is 60.5. The van der Waals surface area contributed by atoms with Crippen molar-refractivity contribution in [3.05, 3.63) is 12.2 Å². The molecule has 0 bridgehead atoms. The highest BCUT2D eigenvalue weighted by atomic mass is 16.6. The smallest absolute Gasteiger partial charge is 0.408 e. The molecule has 25 heteroatoms. The summed E-state index contributed by atoms with van der Waals surface area (Å²) in [4.78, 5) is 113. The van der Waals surface area contributed by atoms with Gasteiger partial charge in [0.05, 0.1) is 50.6 Å². The highest BCUT2D eigenvalue weighted by molar-refractivity contribution is 5.84. The number of hydrogen-bond donors (Lipinski definition) is 9. The molecule has 68 heavy (non-hydrogen) atoms. The van der Waals surface area contributed by atoms with Crippen molar-refractivity contribution < 1.29 is 88.0 Å². The van der Waals surface area contributed by atoms with Crippen LogP contribution in [0.15, 0.2) is 12.2 Å². The predicted octanol–water partition coefficient (Wildman–Crippen LogP) is -0.321. The molecule has 1 heterocycles. The van der Waals surface area contributed by atoms with E-state index in [1.165, 1.54) is 0 Å². The van der Waals surface area contributed by atoms with Gasteiger partial charge < -0.3 is 60.8 Å². The summed E-state index contributed by atoms with van der Waals surface area (Å²) in [6.07, 6.45) is -2.38. The van der Waals surface area contributed by atoms with Crippen LogP contribution in [0.4, 0.5) is 4.79 Å². The van der Waals surface area contributed by atoms with E-state index in [2.05, 4.69) is 17.2 Å². The van der Waals surface area contributed by atoms with Crippen LogP contribution in [-0.2, 0) is 52.6 Å². The number of nitrogens with one attached hydrogen (secondary N) is 3. The molecule has 3 amide bonds. The minimum Gasteiger partial charge on any atom is -0.481 e. The first-order valence-corrected chi connectivity index (χ1v) is 22.6. The molecular formula is C43H73N7O18. The zero-order valence-electron chi connectivity index (χ0n) is 39.7. The van der Waals surface area contributed by atoms with Gasteiger partial charge in [-0.15, -0.1) is 0 Å². The number of nitrogens with zero attached hydrogens (tertiary/aromatic N) is 4. The lowest BCUT2D eigenvalue weighted by molar-refractivity contribution is -0.148. The Morgan fingerprint density at radius 2 is 1.06 bits per heavy atom. The minimum absolute atomic E-state index is 0.0193. The minimum atomic E-state index is -1.81. The van der Waals surface area contributed by atoms with Crippen molar-refractivity contribution in [2.24, 2.45) is 0 Å². The second-order valence-electron chi connectivity index (χ2n) is 17.1. The summed E-state index contributed by atoms with van der Waals surface area (Å²) in [5.74, 6) is -8.19. The number of carbonyl (C=O) groups excluding carboxylic acids is 3. The third-order valence-electron chi connectivity index (χ3n) is 11.4. The number of rotatable bonds is 32. The first-order chi connectivity index (χ1) is 31.9. The molecule has 0 aromatic heterocycles. The fourth-order valence-corrected chi connectivity index (χ4v) is 6.74. The number of carbonyl (C=O) groups is 9. The predicted molar refractivity (Wildman–Crippen MR) is 241 cm³/mol. The van der Waals surface area contributed by atoms with Gasteiger partial charge in [0.25, 0.3) is 0 Å². The fraction of sp³-hybridized carbons (Fsp3) is 0.744. The van der Waals surface area contributed by atoms with Crippen LogP contribution in [0.1, 0.15) is 79.1 Å². The SMILES string of the molecule is C=C(CCCNC(=O)CCOC(C)(CC)CCOC(C)(CC)CNC(=O)CN1CCN(CC(=O)O)CCN(CC(=O)O)CCN(CC(=O)O)CC1)C(NC(=O)OC(CCC(=O)O)C(=O)O)C(=O)O. The van der Waals surface area contributed by atoms with Gasteiger partial charge in [-0.05, 0) is 51.5 Å². The van der Waals surface area contributed by atoms with Crippen molar-refractivity contribution in [1.29, 1.82) is 0 Å². The lowest BCUT2D eigenvalue weighted by Crippen LogP contribution is -2.50. The average Bonchev–Trinajstić information content (AvgIpc) is 3.25. The summed E-state index contributed by atoms with van der Waals surface area (Å²) in [5, 5.41) is 63.6. The van der Waals surface area contributed by atoms with Crippen molar-refractivity contribution in [3.8, 4) is 0 Å². The lowest BCUT2D eigenvalue weighted by atomic mass is 9.98. The summed E-state index contributed by atoms with van der Waals surface area (Å²) < 4.78 is 17.1. The molecule has 4 unspecified atom stereocenters. The van der Waals surface area contributed by atoms with Gasteiger partial charge in [-0.25, -0.2) is 14.4 Å². The van der Waals surface area contributed by atoms with Gasteiger partial charge in [0.2, 0.25) is 17.9 Å². The molecule has 1 saturated heterocycles.